The molecular weight excluding hydrogens is 406 g/mol. The molecule has 4 heteroatoms. The second-order valence-corrected chi connectivity index (χ2v) is 14.7. The zero-order chi connectivity index (χ0) is 22.2. The molecule has 0 aliphatic rings. The first-order valence-electron chi connectivity index (χ1n) is 11.9. The smallest absolute Gasteiger partial charge is 0.287 e. The Balaban J connectivity index is 1.98. The highest BCUT2D eigenvalue weighted by molar-refractivity contribution is 6.92. The molecule has 0 saturated carbocycles. The van der Waals surface area contributed by atoms with Crippen molar-refractivity contribution < 1.29 is 4.57 Å². The Kier molecular flexibility index (Phi) is 4.16. The molecule has 32 heavy (non-hydrogen) atoms. The second kappa shape index (κ2) is 6.76. The number of fused-ring (bicyclic) bond motifs is 5. The third-order valence-electron chi connectivity index (χ3n) is 8.22. The number of benzene rings is 3. The van der Waals surface area contributed by atoms with E-state index < -0.39 is 8.07 Å². The van der Waals surface area contributed by atoms with Gasteiger partial charge in [0.25, 0.3) is 6.33 Å². The lowest BCUT2D eigenvalue weighted by Gasteiger charge is -2.29. The zero-order valence-electron chi connectivity index (χ0n) is 19.7. The molecule has 0 radical (unpaired) electrons. The van der Waals surface area contributed by atoms with Crippen molar-refractivity contribution in [2.45, 2.75) is 45.8 Å². The molecule has 0 atom stereocenters. The summed E-state index contributed by atoms with van der Waals surface area (Å²) in [5, 5.41) is 6.86. The number of para-hydroxylation sites is 1. The van der Waals surface area contributed by atoms with Gasteiger partial charge in [0.15, 0.2) is 5.52 Å². The van der Waals surface area contributed by atoms with Crippen LogP contribution in [0.3, 0.4) is 0 Å². The molecule has 0 aliphatic heterocycles. The minimum atomic E-state index is -1.56. The van der Waals surface area contributed by atoms with Crippen LogP contribution >= 0.6 is 0 Å². The van der Waals surface area contributed by atoms with E-state index in [1.807, 2.05) is 6.33 Å². The van der Waals surface area contributed by atoms with Crippen molar-refractivity contribution in [1.29, 1.82) is 0 Å². The summed E-state index contributed by atoms with van der Waals surface area (Å²) in [6.45, 7) is 9.41. The molecule has 0 aliphatic carbocycles. The van der Waals surface area contributed by atoms with Crippen LogP contribution in [0, 0.1) is 6.92 Å². The Morgan fingerprint density at radius 3 is 2.38 bits per heavy atom. The van der Waals surface area contributed by atoms with Crippen molar-refractivity contribution in [3.8, 4) is 0 Å². The van der Waals surface area contributed by atoms with Gasteiger partial charge in [0, 0.05) is 16.2 Å². The SMILES string of the molecule is CC[Si](CC)(CC)c1cc2nc[n+](C)c3c4c(C)ccc5c6ccccc6n(c(c1)c23)c54. The van der Waals surface area contributed by atoms with Crippen LogP contribution in [0.1, 0.15) is 26.3 Å². The third kappa shape index (κ3) is 2.31. The molecular formula is C28H30N3Si+. The van der Waals surface area contributed by atoms with Crippen LogP contribution in [0.15, 0.2) is 54.9 Å². The van der Waals surface area contributed by atoms with Gasteiger partial charge in [-0.15, -0.1) is 0 Å². The van der Waals surface area contributed by atoms with E-state index in [1.165, 1.54) is 67.3 Å². The van der Waals surface area contributed by atoms with Crippen LogP contribution in [0.25, 0.3) is 49.1 Å². The number of aryl methyl sites for hydroxylation is 2. The predicted molar refractivity (Wildman–Crippen MR) is 139 cm³/mol. The average molecular weight is 437 g/mol. The van der Waals surface area contributed by atoms with Crippen molar-refractivity contribution in [3.05, 3.63) is 60.4 Å². The van der Waals surface area contributed by atoms with Crippen LogP contribution in [-0.4, -0.2) is 17.5 Å². The highest BCUT2D eigenvalue weighted by Gasteiger charge is 2.32. The number of hydrogen-bond acceptors (Lipinski definition) is 1. The van der Waals surface area contributed by atoms with Crippen LogP contribution < -0.4 is 9.75 Å². The van der Waals surface area contributed by atoms with Crippen LogP contribution in [0.2, 0.25) is 18.1 Å². The maximum absolute atomic E-state index is 4.96. The van der Waals surface area contributed by atoms with Gasteiger partial charge in [0.2, 0.25) is 0 Å². The monoisotopic (exact) mass is 436 g/mol. The van der Waals surface area contributed by atoms with Gasteiger partial charge in [0.1, 0.15) is 5.52 Å². The number of aromatic nitrogens is 3. The van der Waals surface area contributed by atoms with Crippen molar-refractivity contribution in [2.24, 2.45) is 7.05 Å². The van der Waals surface area contributed by atoms with Crippen molar-refractivity contribution in [3.63, 3.8) is 0 Å². The van der Waals surface area contributed by atoms with Crippen LogP contribution in [-0.2, 0) is 7.05 Å². The normalized spacial score (nSPS) is 12.9. The van der Waals surface area contributed by atoms with Gasteiger partial charge in [-0.25, -0.2) is 4.57 Å². The van der Waals surface area contributed by atoms with Crippen LogP contribution in [0.5, 0.6) is 0 Å². The Hall–Kier alpha value is -2.98. The number of nitrogens with zero attached hydrogens (tertiary/aromatic N) is 3. The van der Waals surface area contributed by atoms with Crippen LogP contribution in [0.4, 0.5) is 0 Å². The lowest BCUT2D eigenvalue weighted by Crippen LogP contribution is -2.46. The fourth-order valence-corrected chi connectivity index (χ4v) is 9.80. The molecule has 0 spiro atoms. The first-order chi connectivity index (χ1) is 15.5. The number of pyridine rings is 1. The summed E-state index contributed by atoms with van der Waals surface area (Å²) in [6, 6.07) is 22.2. The minimum absolute atomic E-state index is 1.14. The molecule has 3 nitrogen and oxygen atoms in total. The Bertz CT molecular complexity index is 1650. The first kappa shape index (κ1) is 19.7. The standard InChI is InChI=1S/C28H30N3Si/c1-6-32(7-2,8-3)19-15-22-26-24(16-19)31-23-12-10-9-11-20(23)21-14-13-18(4)25(27(21)31)28(26)30(5)17-29-22/h9-17H,6-8H2,1-5H3/q+1. The predicted octanol–water partition coefficient (Wildman–Crippen LogP) is 6.23. The van der Waals surface area contributed by atoms with Gasteiger partial charge in [-0.2, -0.15) is 0 Å². The summed E-state index contributed by atoms with van der Waals surface area (Å²) in [5.41, 5.74) is 7.70. The summed E-state index contributed by atoms with van der Waals surface area (Å²) in [5.74, 6) is 0. The van der Waals surface area contributed by atoms with E-state index in [9.17, 15) is 0 Å². The molecule has 0 fully saturated rings. The topological polar surface area (TPSA) is 21.2 Å². The Morgan fingerprint density at radius 1 is 0.875 bits per heavy atom. The summed E-state index contributed by atoms with van der Waals surface area (Å²) < 4.78 is 4.76. The summed E-state index contributed by atoms with van der Waals surface area (Å²) in [4.78, 5) is 4.96. The molecule has 0 N–H and O–H groups in total. The van der Waals surface area contributed by atoms with Gasteiger partial charge in [0.05, 0.1) is 37.1 Å². The lowest BCUT2D eigenvalue weighted by atomic mass is 10.0. The van der Waals surface area contributed by atoms with E-state index >= 15 is 0 Å². The molecule has 3 heterocycles. The minimum Gasteiger partial charge on any atom is -0.308 e. The average Bonchev–Trinajstić information content (AvgIpc) is 3.16. The molecule has 0 unspecified atom stereocenters. The van der Waals surface area contributed by atoms with Crippen molar-refractivity contribution in [2.75, 3.05) is 0 Å². The number of rotatable bonds is 4. The third-order valence-corrected chi connectivity index (χ3v) is 13.8. The van der Waals surface area contributed by atoms with Crippen molar-refractivity contribution in [1.82, 2.24) is 9.38 Å². The van der Waals surface area contributed by atoms with Gasteiger partial charge in [-0.1, -0.05) is 74.4 Å². The lowest BCUT2D eigenvalue weighted by molar-refractivity contribution is -0.646. The molecule has 6 aromatic rings. The fourth-order valence-electron chi connectivity index (χ4n) is 6.19. The summed E-state index contributed by atoms with van der Waals surface area (Å²) in [6.07, 6.45) is 2.01. The van der Waals surface area contributed by atoms with Gasteiger partial charge < -0.3 is 4.40 Å². The molecule has 0 bridgehead atoms. The van der Waals surface area contributed by atoms with Gasteiger partial charge in [-0.3, -0.25) is 0 Å². The fraction of sp³-hybridized carbons (Fsp3) is 0.286. The zero-order valence-corrected chi connectivity index (χ0v) is 20.7. The van der Waals surface area contributed by atoms with E-state index in [0.717, 1.165) is 5.52 Å². The maximum Gasteiger partial charge on any atom is 0.287 e. The summed E-state index contributed by atoms with van der Waals surface area (Å²) in [7, 11) is 0.580. The molecule has 6 rings (SSSR count). The first-order valence-corrected chi connectivity index (χ1v) is 14.5. The van der Waals surface area contributed by atoms with Gasteiger partial charge >= 0.3 is 0 Å². The Morgan fingerprint density at radius 2 is 1.62 bits per heavy atom. The van der Waals surface area contributed by atoms with E-state index in [4.69, 9.17) is 4.98 Å². The highest BCUT2D eigenvalue weighted by atomic mass is 28.3. The molecule has 3 aromatic carbocycles. The molecule has 0 saturated heterocycles. The molecule has 160 valence electrons. The maximum atomic E-state index is 4.96. The largest absolute Gasteiger partial charge is 0.308 e. The van der Waals surface area contributed by atoms with Crippen molar-refractivity contribution >= 4 is 62.4 Å². The van der Waals surface area contributed by atoms with Gasteiger partial charge in [-0.05, 0) is 35.7 Å². The van der Waals surface area contributed by atoms with E-state index in [-0.39, 0.29) is 0 Å². The molecule has 0 amide bonds. The van der Waals surface area contributed by atoms with E-state index in [0.29, 0.717) is 0 Å². The Labute approximate surface area is 189 Å². The second-order valence-electron chi connectivity index (χ2n) is 9.44. The molecule has 3 aromatic heterocycles. The highest BCUT2D eigenvalue weighted by Crippen LogP contribution is 2.40. The number of hydrogen-bond donors (Lipinski definition) is 0. The quantitative estimate of drug-likeness (QED) is 0.139. The van der Waals surface area contributed by atoms with E-state index in [2.05, 4.69) is 92.2 Å². The summed E-state index contributed by atoms with van der Waals surface area (Å²) >= 11 is 0. The van der Waals surface area contributed by atoms with E-state index in [1.54, 1.807) is 5.19 Å².